The quantitative estimate of drug-likeness (QED) is 0.840. The Morgan fingerprint density at radius 2 is 1.89 bits per heavy atom. The van der Waals surface area contributed by atoms with Gasteiger partial charge in [0.2, 0.25) is 5.91 Å². The minimum Gasteiger partial charge on any atom is -0.341 e. The van der Waals surface area contributed by atoms with Gasteiger partial charge in [-0.1, -0.05) is 24.1 Å². The largest absolute Gasteiger partial charge is 0.341 e. The van der Waals surface area contributed by atoms with Crippen molar-refractivity contribution >= 4 is 29.2 Å². The molecule has 3 atom stereocenters. The molecule has 1 heterocycles. The monoisotopic (exact) mass is 389 g/mol. The highest BCUT2D eigenvalue weighted by Gasteiger charge is 2.40. The van der Waals surface area contributed by atoms with Crippen LogP contribution in [0.15, 0.2) is 24.3 Å². The number of urea groups is 1. The molecule has 146 valence electrons. The number of carbonyl (C=O) groups is 2. The fourth-order valence-corrected chi connectivity index (χ4v) is 5.31. The second kappa shape index (κ2) is 8.09. The number of halogens is 1. The molecule has 1 aromatic rings. The first-order valence-corrected chi connectivity index (χ1v) is 10.6. The average Bonchev–Trinajstić information content (AvgIpc) is 3.16. The summed E-state index contributed by atoms with van der Waals surface area (Å²) in [6.45, 7) is 2.63. The van der Waals surface area contributed by atoms with Crippen LogP contribution in [0.4, 0.5) is 10.5 Å². The van der Waals surface area contributed by atoms with Crippen LogP contribution in [-0.4, -0.2) is 47.9 Å². The molecule has 3 aliphatic rings. The summed E-state index contributed by atoms with van der Waals surface area (Å²) in [5.41, 5.74) is 0.695. The summed E-state index contributed by atoms with van der Waals surface area (Å²) in [6.07, 6.45) is 6.81. The molecular formula is C21H28ClN3O2. The number of benzene rings is 1. The summed E-state index contributed by atoms with van der Waals surface area (Å²) in [4.78, 5) is 29.1. The van der Waals surface area contributed by atoms with E-state index in [1.807, 2.05) is 17.0 Å². The van der Waals surface area contributed by atoms with E-state index in [9.17, 15) is 9.59 Å². The topological polar surface area (TPSA) is 52.7 Å². The Kier molecular flexibility index (Phi) is 5.58. The van der Waals surface area contributed by atoms with Crippen molar-refractivity contribution in [1.29, 1.82) is 0 Å². The molecule has 5 nitrogen and oxygen atoms in total. The van der Waals surface area contributed by atoms with Gasteiger partial charge >= 0.3 is 6.03 Å². The molecule has 2 saturated carbocycles. The number of amides is 3. The van der Waals surface area contributed by atoms with Gasteiger partial charge in [0.1, 0.15) is 0 Å². The second-order valence-electron chi connectivity index (χ2n) is 8.30. The highest BCUT2D eigenvalue weighted by molar-refractivity contribution is 6.30. The molecule has 0 spiro atoms. The minimum absolute atomic E-state index is 0.125. The van der Waals surface area contributed by atoms with Gasteiger partial charge in [0.25, 0.3) is 0 Å². The van der Waals surface area contributed by atoms with Crippen LogP contribution in [0, 0.1) is 17.8 Å². The molecule has 1 aromatic carbocycles. The summed E-state index contributed by atoms with van der Waals surface area (Å²) in [5.74, 6) is 2.54. The number of carbonyl (C=O) groups excluding carboxylic acids is 2. The first-order chi connectivity index (χ1) is 13.1. The Balaban J connectivity index is 1.28. The summed E-state index contributed by atoms with van der Waals surface area (Å²) in [5, 5.41) is 3.50. The van der Waals surface area contributed by atoms with E-state index < -0.39 is 0 Å². The van der Waals surface area contributed by atoms with Gasteiger partial charge in [-0.25, -0.2) is 4.79 Å². The van der Waals surface area contributed by atoms with Crippen LogP contribution in [0.3, 0.4) is 0 Å². The maximum Gasteiger partial charge on any atom is 0.321 e. The Labute approximate surface area is 166 Å². The van der Waals surface area contributed by atoms with Gasteiger partial charge in [-0.2, -0.15) is 0 Å². The van der Waals surface area contributed by atoms with E-state index in [2.05, 4.69) is 5.32 Å². The molecule has 2 aliphatic carbocycles. The van der Waals surface area contributed by atoms with Crippen LogP contribution in [0.25, 0.3) is 0 Å². The predicted molar refractivity (Wildman–Crippen MR) is 107 cm³/mol. The minimum atomic E-state index is -0.125. The number of anilines is 1. The van der Waals surface area contributed by atoms with Crippen molar-refractivity contribution in [2.24, 2.45) is 17.8 Å². The molecular weight excluding hydrogens is 362 g/mol. The van der Waals surface area contributed by atoms with Crippen LogP contribution in [0.1, 0.15) is 38.5 Å². The predicted octanol–water partition coefficient (Wildman–Crippen LogP) is 4.23. The van der Waals surface area contributed by atoms with Crippen molar-refractivity contribution in [3.05, 3.63) is 29.3 Å². The third-order valence-electron chi connectivity index (χ3n) is 6.53. The molecule has 0 radical (unpaired) electrons. The van der Waals surface area contributed by atoms with Crippen molar-refractivity contribution in [2.45, 2.75) is 38.5 Å². The van der Waals surface area contributed by atoms with E-state index in [-0.39, 0.29) is 11.9 Å². The normalized spacial score (nSPS) is 27.5. The molecule has 1 N–H and O–H groups in total. The van der Waals surface area contributed by atoms with E-state index in [4.69, 9.17) is 11.6 Å². The standard InChI is InChI=1S/C21H28ClN3O2/c22-18-3-1-4-19(14-18)23-21(27)25-8-2-7-24(9-10-25)20(26)13-17-12-15-5-6-16(17)11-15/h1,3-4,14-17H,2,5-13H2,(H,23,27)/t15-,16-,17-/m0/s1. The molecule has 6 heteroatoms. The van der Waals surface area contributed by atoms with Crippen molar-refractivity contribution in [3.8, 4) is 0 Å². The highest BCUT2D eigenvalue weighted by atomic mass is 35.5. The Morgan fingerprint density at radius 1 is 1.07 bits per heavy atom. The maximum atomic E-state index is 12.8. The zero-order valence-electron chi connectivity index (χ0n) is 15.7. The lowest BCUT2D eigenvalue weighted by atomic mass is 9.86. The number of nitrogens with zero attached hydrogens (tertiary/aromatic N) is 2. The van der Waals surface area contributed by atoms with E-state index in [0.717, 1.165) is 24.8 Å². The fraction of sp³-hybridized carbons (Fsp3) is 0.619. The van der Waals surface area contributed by atoms with Gasteiger partial charge in [-0.05, 0) is 61.6 Å². The number of nitrogens with one attached hydrogen (secondary N) is 1. The third kappa shape index (κ3) is 4.40. The van der Waals surface area contributed by atoms with Gasteiger partial charge in [-0.15, -0.1) is 0 Å². The van der Waals surface area contributed by atoms with Crippen LogP contribution < -0.4 is 5.32 Å². The molecule has 27 heavy (non-hydrogen) atoms. The summed E-state index contributed by atoms with van der Waals surface area (Å²) in [7, 11) is 0. The van der Waals surface area contributed by atoms with E-state index in [1.54, 1.807) is 17.0 Å². The summed E-state index contributed by atoms with van der Waals surface area (Å²) in [6, 6.07) is 7.04. The van der Waals surface area contributed by atoms with Gasteiger partial charge in [0.15, 0.2) is 0 Å². The first kappa shape index (κ1) is 18.6. The first-order valence-electron chi connectivity index (χ1n) is 10.2. The van der Waals surface area contributed by atoms with Crippen molar-refractivity contribution in [2.75, 3.05) is 31.5 Å². The maximum absolute atomic E-state index is 12.8. The average molecular weight is 390 g/mol. The smallest absolute Gasteiger partial charge is 0.321 e. The van der Waals surface area contributed by atoms with Gasteiger partial charge in [0.05, 0.1) is 0 Å². The number of hydrogen-bond donors (Lipinski definition) is 1. The van der Waals surface area contributed by atoms with E-state index >= 15 is 0 Å². The molecule has 3 amide bonds. The van der Waals surface area contributed by atoms with Crippen LogP contribution in [0.2, 0.25) is 5.02 Å². The fourth-order valence-electron chi connectivity index (χ4n) is 5.12. The zero-order chi connectivity index (χ0) is 18.8. The lowest BCUT2D eigenvalue weighted by Gasteiger charge is -2.26. The van der Waals surface area contributed by atoms with Crippen molar-refractivity contribution in [1.82, 2.24) is 9.80 Å². The molecule has 4 rings (SSSR count). The molecule has 2 bridgehead atoms. The van der Waals surface area contributed by atoms with Crippen LogP contribution in [0.5, 0.6) is 0 Å². The zero-order valence-corrected chi connectivity index (χ0v) is 16.5. The molecule has 1 aliphatic heterocycles. The lowest BCUT2D eigenvalue weighted by molar-refractivity contribution is -0.132. The van der Waals surface area contributed by atoms with Crippen LogP contribution in [-0.2, 0) is 4.79 Å². The number of hydrogen-bond acceptors (Lipinski definition) is 2. The lowest BCUT2D eigenvalue weighted by Crippen LogP contribution is -2.39. The molecule has 0 unspecified atom stereocenters. The Bertz CT molecular complexity index is 710. The highest BCUT2D eigenvalue weighted by Crippen LogP contribution is 2.49. The Morgan fingerprint density at radius 3 is 2.63 bits per heavy atom. The third-order valence-corrected chi connectivity index (χ3v) is 6.77. The van der Waals surface area contributed by atoms with E-state index in [0.29, 0.717) is 42.7 Å². The van der Waals surface area contributed by atoms with E-state index in [1.165, 1.54) is 25.7 Å². The van der Waals surface area contributed by atoms with Gasteiger partial charge in [0, 0.05) is 43.3 Å². The summed E-state index contributed by atoms with van der Waals surface area (Å²) < 4.78 is 0. The number of fused-ring (bicyclic) bond motifs is 2. The van der Waals surface area contributed by atoms with Crippen molar-refractivity contribution < 1.29 is 9.59 Å². The molecule has 1 saturated heterocycles. The SMILES string of the molecule is O=C(C[C@@H]1C[C@H]2CC[C@H]1C2)N1CCCN(C(=O)Nc2cccc(Cl)c2)CC1. The number of rotatable bonds is 3. The Hall–Kier alpha value is -1.75. The van der Waals surface area contributed by atoms with Crippen molar-refractivity contribution in [3.63, 3.8) is 0 Å². The molecule has 0 aromatic heterocycles. The summed E-state index contributed by atoms with van der Waals surface area (Å²) >= 11 is 5.98. The second-order valence-corrected chi connectivity index (χ2v) is 8.74. The van der Waals surface area contributed by atoms with Gasteiger partial charge < -0.3 is 15.1 Å². The molecule has 3 fully saturated rings. The van der Waals surface area contributed by atoms with Crippen LogP contribution >= 0.6 is 11.6 Å². The van der Waals surface area contributed by atoms with Gasteiger partial charge in [-0.3, -0.25) is 4.79 Å².